The molecular weight excluding hydrogens is 454 g/mol. The van der Waals surface area contributed by atoms with Gasteiger partial charge in [0.1, 0.15) is 17.5 Å². The molecule has 9 heteroatoms. The van der Waals surface area contributed by atoms with Crippen molar-refractivity contribution in [2.45, 2.75) is 69.2 Å². The molecule has 2 saturated heterocycles. The topological polar surface area (TPSA) is 91.3 Å². The first-order valence-corrected chi connectivity index (χ1v) is 12.1. The van der Waals surface area contributed by atoms with Crippen LogP contribution in [-0.2, 0) is 11.3 Å². The van der Waals surface area contributed by atoms with E-state index in [1.807, 2.05) is 0 Å². The first-order valence-electron chi connectivity index (χ1n) is 12.1. The maximum Gasteiger partial charge on any atom is 0.356 e. The number of piperidine rings is 1. The number of aromatic carboxylic acids is 1. The number of carboxylic acids is 1. The van der Waals surface area contributed by atoms with Gasteiger partial charge in [0.2, 0.25) is 0 Å². The zero-order valence-corrected chi connectivity index (χ0v) is 19.1. The lowest BCUT2D eigenvalue weighted by molar-refractivity contribution is 0.0149. The number of nitrogens with zero attached hydrogens (tertiary/aromatic N) is 3. The minimum absolute atomic E-state index is 0.00693. The van der Waals surface area contributed by atoms with E-state index in [0.717, 1.165) is 49.8 Å². The largest absolute Gasteiger partial charge is 0.476 e. The molecule has 1 saturated carbocycles. The Balaban J connectivity index is 1.19. The van der Waals surface area contributed by atoms with Gasteiger partial charge in [0.25, 0.3) is 0 Å². The van der Waals surface area contributed by atoms with Crippen molar-refractivity contribution in [2.24, 2.45) is 0 Å². The van der Waals surface area contributed by atoms with E-state index in [4.69, 9.17) is 9.84 Å². The van der Waals surface area contributed by atoms with Crippen LogP contribution in [0.1, 0.15) is 66.2 Å². The average molecular weight is 481 g/mol. The molecule has 35 heavy (non-hydrogen) atoms. The third kappa shape index (κ3) is 4.07. The highest BCUT2D eigenvalue weighted by Gasteiger charge is 2.42. The van der Waals surface area contributed by atoms with Gasteiger partial charge in [0.15, 0.2) is 5.69 Å². The molecule has 0 radical (unpaired) electrons. The lowest BCUT2D eigenvalue weighted by atomic mass is 9.98. The molecule has 0 amide bonds. The monoisotopic (exact) mass is 480 g/mol. The Morgan fingerprint density at radius 1 is 1.09 bits per heavy atom. The van der Waals surface area contributed by atoms with Crippen LogP contribution in [-0.4, -0.2) is 44.2 Å². The number of benzene rings is 1. The molecule has 2 atom stereocenters. The van der Waals surface area contributed by atoms with Gasteiger partial charge in [0, 0.05) is 35.1 Å². The molecular formula is C26H26F2N4O3. The number of anilines is 1. The van der Waals surface area contributed by atoms with Crippen molar-refractivity contribution in [3.05, 3.63) is 65.4 Å². The molecule has 182 valence electrons. The SMILES string of the molecule is O=C(O)c1cnc(N2C3CCC2CC(OCc2c(-c4c(F)cccc4F)c[nH]c2C2CC2)C3)cn1. The van der Waals surface area contributed by atoms with Crippen molar-refractivity contribution >= 4 is 11.8 Å². The first-order chi connectivity index (χ1) is 17.0. The summed E-state index contributed by atoms with van der Waals surface area (Å²) in [6.07, 6.45) is 10.3. The lowest BCUT2D eigenvalue weighted by Gasteiger charge is -2.39. The predicted molar refractivity (Wildman–Crippen MR) is 124 cm³/mol. The summed E-state index contributed by atoms with van der Waals surface area (Å²) in [6.45, 7) is 0.301. The van der Waals surface area contributed by atoms with Crippen molar-refractivity contribution in [3.63, 3.8) is 0 Å². The van der Waals surface area contributed by atoms with Crippen LogP contribution in [0, 0.1) is 11.6 Å². The van der Waals surface area contributed by atoms with E-state index < -0.39 is 17.6 Å². The van der Waals surface area contributed by atoms with E-state index in [1.54, 1.807) is 6.20 Å². The van der Waals surface area contributed by atoms with Crippen molar-refractivity contribution in [1.29, 1.82) is 0 Å². The van der Waals surface area contributed by atoms with Crippen molar-refractivity contribution in [1.82, 2.24) is 15.0 Å². The number of aromatic nitrogens is 3. The van der Waals surface area contributed by atoms with Crippen LogP contribution in [0.2, 0.25) is 0 Å². The standard InChI is InChI=1S/C26H26F2N4O3/c27-20-2-1-3-21(28)24(20)18-10-31-25(14-4-5-14)19(18)13-35-17-8-15-6-7-16(9-17)32(15)23-12-29-22(11-30-23)26(33)34/h1-3,10-12,14-17,31H,4-9,13H2,(H,33,34). The molecule has 3 aliphatic rings. The van der Waals surface area contributed by atoms with Crippen LogP contribution in [0.15, 0.2) is 36.8 Å². The summed E-state index contributed by atoms with van der Waals surface area (Å²) in [6, 6.07) is 4.42. The molecule has 2 unspecified atom stereocenters. The number of halogens is 2. The average Bonchev–Trinajstić information content (AvgIpc) is 3.55. The van der Waals surface area contributed by atoms with Gasteiger partial charge in [-0.2, -0.15) is 0 Å². The summed E-state index contributed by atoms with van der Waals surface area (Å²) >= 11 is 0. The van der Waals surface area contributed by atoms with Gasteiger partial charge >= 0.3 is 5.97 Å². The lowest BCUT2D eigenvalue weighted by Crippen LogP contribution is -2.46. The molecule has 2 N–H and O–H groups in total. The van der Waals surface area contributed by atoms with E-state index in [1.165, 1.54) is 30.6 Å². The Hall–Kier alpha value is -3.33. The molecule has 2 aliphatic heterocycles. The summed E-state index contributed by atoms with van der Waals surface area (Å²) in [7, 11) is 0. The van der Waals surface area contributed by atoms with Gasteiger partial charge in [-0.25, -0.2) is 23.5 Å². The second-order valence-corrected chi connectivity index (χ2v) is 9.73. The van der Waals surface area contributed by atoms with Gasteiger partial charge < -0.3 is 19.7 Å². The zero-order chi connectivity index (χ0) is 24.1. The molecule has 3 aromatic rings. The van der Waals surface area contributed by atoms with Gasteiger partial charge in [-0.05, 0) is 56.6 Å². The summed E-state index contributed by atoms with van der Waals surface area (Å²) in [5, 5.41) is 9.08. The number of H-pyrrole nitrogens is 1. The van der Waals surface area contributed by atoms with Gasteiger partial charge in [-0.15, -0.1) is 0 Å². The number of rotatable bonds is 7. The van der Waals surface area contributed by atoms with Crippen LogP contribution in [0.5, 0.6) is 0 Å². The van der Waals surface area contributed by atoms with E-state index in [2.05, 4.69) is 19.9 Å². The molecule has 0 spiro atoms. The quantitative estimate of drug-likeness (QED) is 0.492. The normalized spacial score (nSPS) is 23.6. The van der Waals surface area contributed by atoms with Gasteiger partial charge in [-0.3, -0.25) is 0 Å². The Bertz CT molecular complexity index is 1220. The highest BCUT2D eigenvalue weighted by atomic mass is 19.1. The Labute approximate surface area is 201 Å². The fourth-order valence-electron chi connectivity index (χ4n) is 5.74. The second kappa shape index (κ2) is 8.71. The van der Waals surface area contributed by atoms with Crippen LogP contribution >= 0.6 is 0 Å². The van der Waals surface area contributed by atoms with Crippen molar-refractivity contribution in [3.8, 4) is 11.1 Å². The van der Waals surface area contributed by atoms with E-state index in [9.17, 15) is 13.6 Å². The van der Waals surface area contributed by atoms with Gasteiger partial charge in [0.05, 0.1) is 30.7 Å². The number of nitrogens with one attached hydrogen (secondary N) is 1. The molecule has 6 rings (SSSR count). The Morgan fingerprint density at radius 3 is 2.40 bits per heavy atom. The highest BCUT2D eigenvalue weighted by molar-refractivity contribution is 5.84. The van der Waals surface area contributed by atoms with Gasteiger partial charge in [-0.1, -0.05) is 6.07 Å². The summed E-state index contributed by atoms with van der Waals surface area (Å²) < 4.78 is 35.6. The minimum Gasteiger partial charge on any atom is -0.476 e. The number of carbonyl (C=O) groups is 1. The zero-order valence-electron chi connectivity index (χ0n) is 19.1. The number of hydrogen-bond acceptors (Lipinski definition) is 5. The number of hydrogen-bond donors (Lipinski definition) is 2. The van der Waals surface area contributed by atoms with Crippen molar-refractivity contribution in [2.75, 3.05) is 4.90 Å². The Kier molecular flexibility index (Phi) is 5.51. The third-order valence-corrected chi connectivity index (χ3v) is 7.52. The summed E-state index contributed by atoms with van der Waals surface area (Å²) in [4.78, 5) is 25.0. The fraction of sp³-hybridized carbons (Fsp3) is 0.423. The van der Waals surface area contributed by atoms with Crippen LogP contribution in [0.4, 0.5) is 14.6 Å². The first kappa shape index (κ1) is 22.2. The smallest absolute Gasteiger partial charge is 0.356 e. The number of ether oxygens (including phenoxy) is 1. The number of aromatic amines is 1. The minimum atomic E-state index is -1.09. The maximum absolute atomic E-state index is 14.6. The molecule has 3 fully saturated rings. The Morgan fingerprint density at radius 2 is 1.80 bits per heavy atom. The van der Waals surface area contributed by atoms with Crippen LogP contribution in [0.3, 0.4) is 0 Å². The van der Waals surface area contributed by atoms with Crippen molar-refractivity contribution < 1.29 is 23.4 Å². The van der Waals surface area contributed by atoms with E-state index >= 15 is 0 Å². The fourth-order valence-corrected chi connectivity index (χ4v) is 5.74. The second-order valence-electron chi connectivity index (χ2n) is 9.73. The molecule has 1 aliphatic carbocycles. The van der Waals surface area contributed by atoms with E-state index in [0.29, 0.717) is 23.9 Å². The molecule has 7 nitrogen and oxygen atoms in total. The predicted octanol–water partition coefficient (Wildman–Crippen LogP) is 5.04. The maximum atomic E-state index is 14.6. The molecule has 2 bridgehead atoms. The number of fused-ring (bicyclic) bond motifs is 2. The summed E-state index contributed by atoms with van der Waals surface area (Å²) in [5.41, 5.74) is 2.34. The highest BCUT2D eigenvalue weighted by Crippen LogP contribution is 2.45. The summed E-state index contributed by atoms with van der Waals surface area (Å²) in [5.74, 6) is -1.16. The van der Waals surface area contributed by atoms with E-state index in [-0.39, 0.29) is 29.4 Å². The van der Waals surface area contributed by atoms with Crippen LogP contribution < -0.4 is 4.90 Å². The number of carboxylic acid groups (broad SMARTS) is 1. The molecule has 2 aromatic heterocycles. The molecule has 4 heterocycles. The third-order valence-electron chi connectivity index (χ3n) is 7.52. The van der Waals surface area contributed by atoms with Crippen LogP contribution in [0.25, 0.3) is 11.1 Å². The molecule has 1 aromatic carbocycles.